The Kier molecular flexibility index (Phi) is 4.24. The van der Waals surface area contributed by atoms with Gasteiger partial charge >= 0.3 is 6.18 Å². The van der Waals surface area contributed by atoms with E-state index in [-0.39, 0.29) is 17.1 Å². The number of nitrogens with two attached hydrogens (primary N) is 1. The van der Waals surface area contributed by atoms with Crippen molar-refractivity contribution in [2.24, 2.45) is 0 Å². The smallest absolute Gasteiger partial charge is 0.398 e. The average Bonchev–Trinajstić information content (AvgIpc) is 2.26. The maximum atomic E-state index is 12.4. The Morgan fingerprint density at radius 1 is 1.29 bits per heavy atom. The highest BCUT2D eigenvalue weighted by molar-refractivity contribution is 6.18. The molecule has 0 radical (unpaired) electrons. The van der Waals surface area contributed by atoms with Crippen molar-refractivity contribution in [3.05, 3.63) is 29.3 Å². The summed E-state index contributed by atoms with van der Waals surface area (Å²) in [7, 11) is 0. The molecule has 0 heterocycles. The van der Waals surface area contributed by atoms with Crippen molar-refractivity contribution < 1.29 is 23.4 Å². The Bertz CT molecular complexity index is 398. The van der Waals surface area contributed by atoms with Gasteiger partial charge in [0.2, 0.25) is 0 Å². The third-order valence-electron chi connectivity index (χ3n) is 2.26. The quantitative estimate of drug-likeness (QED) is 0.580. The van der Waals surface area contributed by atoms with Crippen LogP contribution in [0.15, 0.2) is 18.2 Å². The number of rotatable bonds is 3. The lowest BCUT2D eigenvalue weighted by molar-refractivity contribution is -0.137. The fourth-order valence-corrected chi connectivity index (χ4v) is 1.47. The molecule has 0 aliphatic heterocycles. The minimum absolute atomic E-state index is 0.0327. The second-order valence-corrected chi connectivity index (χ2v) is 3.82. The van der Waals surface area contributed by atoms with Gasteiger partial charge in [0.05, 0.1) is 17.5 Å². The first-order valence-corrected chi connectivity index (χ1v) is 5.19. The lowest BCUT2D eigenvalue weighted by Gasteiger charge is -2.19. The molecule has 0 saturated carbocycles. The van der Waals surface area contributed by atoms with Crippen LogP contribution in [-0.4, -0.2) is 22.2 Å². The standard InChI is InChI=1S/C10H11ClF3NO2/c11-4-8(16)9(17)6-3-5(10(12,13)14)1-2-7(6)15/h1-3,8-9,16-17H,4,15H2. The normalized spacial score (nSPS) is 15.6. The Morgan fingerprint density at radius 3 is 2.35 bits per heavy atom. The number of benzene rings is 1. The van der Waals surface area contributed by atoms with Gasteiger partial charge in [0.1, 0.15) is 6.10 Å². The zero-order valence-corrected chi connectivity index (χ0v) is 9.33. The predicted molar refractivity (Wildman–Crippen MR) is 57.5 cm³/mol. The largest absolute Gasteiger partial charge is 0.416 e. The first kappa shape index (κ1) is 14.1. The van der Waals surface area contributed by atoms with Crippen LogP contribution in [0.1, 0.15) is 17.2 Å². The Hall–Kier alpha value is -0.980. The maximum Gasteiger partial charge on any atom is 0.416 e. The summed E-state index contributed by atoms with van der Waals surface area (Å²) in [5.74, 6) is -0.309. The van der Waals surface area contributed by atoms with E-state index in [1.165, 1.54) is 0 Å². The van der Waals surface area contributed by atoms with E-state index in [4.69, 9.17) is 17.3 Å². The maximum absolute atomic E-state index is 12.4. The van der Waals surface area contributed by atoms with Crippen molar-refractivity contribution in [3.63, 3.8) is 0 Å². The zero-order valence-electron chi connectivity index (χ0n) is 8.58. The molecule has 0 aliphatic rings. The first-order valence-electron chi connectivity index (χ1n) is 4.66. The highest BCUT2D eigenvalue weighted by Crippen LogP contribution is 2.33. The summed E-state index contributed by atoms with van der Waals surface area (Å²) in [4.78, 5) is 0. The monoisotopic (exact) mass is 269 g/mol. The molecule has 0 aliphatic carbocycles. The van der Waals surface area contributed by atoms with Crippen LogP contribution in [0.4, 0.5) is 18.9 Å². The molecule has 1 aromatic rings. The molecule has 0 fully saturated rings. The van der Waals surface area contributed by atoms with Gasteiger partial charge in [-0.1, -0.05) is 0 Å². The number of hydrogen-bond acceptors (Lipinski definition) is 3. The number of halogens is 4. The summed E-state index contributed by atoms with van der Waals surface area (Å²) in [5.41, 5.74) is 4.28. The van der Waals surface area contributed by atoms with Gasteiger partial charge in [0.15, 0.2) is 0 Å². The van der Waals surface area contributed by atoms with Crippen LogP contribution in [0.2, 0.25) is 0 Å². The third kappa shape index (κ3) is 3.24. The van der Waals surface area contributed by atoms with Gasteiger partial charge < -0.3 is 15.9 Å². The molecule has 2 atom stereocenters. The molecule has 1 rings (SSSR count). The number of anilines is 1. The van der Waals surface area contributed by atoms with Crippen LogP contribution in [0, 0.1) is 0 Å². The van der Waals surface area contributed by atoms with Gasteiger partial charge in [-0.2, -0.15) is 13.2 Å². The van der Waals surface area contributed by atoms with Crippen LogP contribution in [0.25, 0.3) is 0 Å². The molecule has 0 aromatic heterocycles. The number of aliphatic hydroxyl groups excluding tert-OH is 2. The van der Waals surface area contributed by atoms with E-state index in [0.717, 1.165) is 12.1 Å². The molecule has 1 aromatic carbocycles. The third-order valence-corrected chi connectivity index (χ3v) is 2.57. The SMILES string of the molecule is Nc1ccc(C(F)(F)F)cc1C(O)C(O)CCl. The molecule has 96 valence electrons. The van der Waals surface area contributed by atoms with Crippen molar-refractivity contribution in [2.45, 2.75) is 18.4 Å². The van der Waals surface area contributed by atoms with E-state index in [1.54, 1.807) is 0 Å². The second-order valence-electron chi connectivity index (χ2n) is 3.51. The van der Waals surface area contributed by atoms with Gasteiger partial charge in [0, 0.05) is 11.3 Å². The highest BCUT2D eigenvalue weighted by Gasteiger charge is 2.32. The second kappa shape index (κ2) is 5.12. The molecule has 2 unspecified atom stereocenters. The van der Waals surface area contributed by atoms with E-state index >= 15 is 0 Å². The summed E-state index contributed by atoms with van der Waals surface area (Å²) in [6.07, 6.45) is -7.45. The average molecular weight is 270 g/mol. The van der Waals surface area contributed by atoms with Crippen LogP contribution in [0.3, 0.4) is 0 Å². The number of hydrogen-bond donors (Lipinski definition) is 3. The Morgan fingerprint density at radius 2 is 1.88 bits per heavy atom. The van der Waals surface area contributed by atoms with Crippen LogP contribution < -0.4 is 5.73 Å². The van der Waals surface area contributed by atoms with Crippen molar-refractivity contribution in [1.29, 1.82) is 0 Å². The highest BCUT2D eigenvalue weighted by atomic mass is 35.5. The molecule has 0 saturated heterocycles. The van der Waals surface area contributed by atoms with Crippen LogP contribution in [0.5, 0.6) is 0 Å². The molecule has 0 bridgehead atoms. The van der Waals surface area contributed by atoms with Gasteiger partial charge in [0.25, 0.3) is 0 Å². The molecule has 7 heteroatoms. The van der Waals surface area contributed by atoms with E-state index in [0.29, 0.717) is 6.07 Å². The number of alkyl halides is 4. The minimum Gasteiger partial charge on any atom is -0.398 e. The van der Waals surface area contributed by atoms with Gasteiger partial charge in [-0.3, -0.25) is 0 Å². The Balaban J connectivity index is 3.15. The molecule has 0 spiro atoms. The summed E-state index contributed by atoms with van der Waals surface area (Å²) in [5, 5.41) is 18.9. The van der Waals surface area contributed by atoms with Crippen molar-refractivity contribution in [2.75, 3.05) is 11.6 Å². The summed E-state index contributed by atoms with van der Waals surface area (Å²) in [6.45, 7) is 0. The molecule has 17 heavy (non-hydrogen) atoms. The first-order chi connectivity index (χ1) is 7.77. The van der Waals surface area contributed by atoms with Gasteiger partial charge in [-0.15, -0.1) is 11.6 Å². The fourth-order valence-electron chi connectivity index (χ4n) is 1.30. The van der Waals surface area contributed by atoms with Crippen LogP contribution in [-0.2, 0) is 6.18 Å². The van der Waals surface area contributed by atoms with Crippen LogP contribution >= 0.6 is 11.6 Å². The molecular weight excluding hydrogens is 259 g/mol. The molecule has 0 amide bonds. The Labute approximate surface area is 101 Å². The predicted octanol–water partition coefficient (Wildman–Crippen LogP) is 1.92. The van der Waals surface area contributed by atoms with E-state index < -0.39 is 23.9 Å². The molecular formula is C10H11ClF3NO2. The van der Waals surface area contributed by atoms with Gasteiger partial charge in [-0.25, -0.2) is 0 Å². The summed E-state index contributed by atoms with van der Waals surface area (Å²) >= 11 is 5.31. The van der Waals surface area contributed by atoms with Crippen molar-refractivity contribution >= 4 is 17.3 Å². The topological polar surface area (TPSA) is 66.5 Å². The van der Waals surface area contributed by atoms with E-state index in [1.807, 2.05) is 0 Å². The van der Waals surface area contributed by atoms with Crippen molar-refractivity contribution in [3.8, 4) is 0 Å². The molecule has 3 nitrogen and oxygen atoms in total. The van der Waals surface area contributed by atoms with Crippen molar-refractivity contribution in [1.82, 2.24) is 0 Å². The lowest BCUT2D eigenvalue weighted by Crippen LogP contribution is -2.21. The van der Waals surface area contributed by atoms with Gasteiger partial charge in [-0.05, 0) is 18.2 Å². The number of nitrogen functional groups attached to an aromatic ring is 1. The van der Waals surface area contributed by atoms with E-state index in [2.05, 4.69) is 0 Å². The molecule has 4 N–H and O–H groups in total. The van der Waals surface area contributed by atoms with E-state index in [9.17, 15) is 23.4 Å². The fraction of sp³-hybridized carbons (Fsp3) is 0.400. The zero-order chi connectivity index (χ0) is 13.2. The lowest BCUT2D eigenvalue weighted by atomic mass is 10.0. The number of aliphatic hydroxyl groups is 2. The summed E-state index contributed by atoms with van der Waals surface area (Å²) < 4.78 is 37.3. The summed E-state index contributed by atoms with van der Waals surface area (Å²) in [6, 6.07) is 2.54. The minimum atomic E-state index is -4.53.